The highest BCUT2D eigenvalue weighted by atomic mass is 15.4. The van der Waals surface area contributed by atoms with E-state index in [-0.39, 0.29) is 6.04 Å². The molecule has 3 rings (SSSR count). The van der Waals surface area contributed by atoms with Crippen LogP contribution in [0.25, 0.3) is 0 Å². The van der Waals surface area contributed by atoms with Gasteiger partial charge >= 0.3 is 0 Å². The lowest BCUT2D eigenvalue weighted by atomic mass is 10.0. The summed E-state index contributed by atoms with van der Waals surface area (Å²) in [6.07, 6.45) is 2.83. The van der Waals surface area contributed by atoms with Crippen molar-refractivity contribution >= 4 is 5.95 Å². The van der Waals surface area contributed by atoms with Gasteiger partial charge in [-0.25, -0.2) is 4.68 Å². The van der Waals surface area contributed by atoms with Crippen LogP contribution in [0.2, 0.25) is 0 Å². The number of aryl methyl sites for hydroxylation is 1. The number of benzene rings is 1. The van der Waals surface area contributed by atoms with E-state index in [9.17, 15) is 0 Å². The molecule has 3 N–H and O–H groups in total. The minimum Gasteiger partial charge on any atom is -0.354 e. The number of fused-ring (bicyclic) bond motifs is 1. The van der Waals surface area contributed by atoms with Gasteiger partial charge in [0, 0.05) is 13.0 Å². The van der Waals surface area contributed by atoms with Crippen LogP contribution in [-0.2, 0) is 12.8 Å². The van der Waals surface area contributed by atoms with Crippen LogP contribution >= 0.6 is 0 Å². The molecule has 20 heavy (non-hydrogen) atoms. The molecule has 0 spiro atoms. The van der Waals surface area contributed by atoms with E-state index in [1.807, 2.05) is 4.68 Å². The van der Waals surface area contributed by atoms with Gasteiger partial charge in [-0.2, -0.15) is 10.1 Å². The Morgan fingerprint density at radius 3 is 2.85 bits per heavy atom. The topological polar surface area (TPSA) is 68.8 Å². The molecular formula is C15H21N5. The average Bonchev–Trinajstić information content (AvgIpc) is 2.90. The van der Waals surface area contributed by atoms with Gasteiger partial charge in [-0.05, 0) is 30.5 Å². The Hall–Kier alpha value is -1.88. The summed E-state index contributed by atoms with van der Waals surface area (Å²) >= 11 is 0. The lowest BCUT2D eigenvalue weighted by molar-refractivity contribution is 0.477. The number of aromatic nitrogens is 3. The van der Waals surface area contributed by atoms with Crippen LogP contribution in [-0.4, -0.2) is 27.9 Å². The van der Waals surface area contributed by atoms with Gasteiger partial charge in [0.05, 0.1) is 6.04 Å². The van der Waals surface area contributed by atoms with Crippen LogP contribution in [0.1, 0.15) is 36.3 Å². The summed E-state index contributed by atoms with van der Waals surface area (Å²) in [5, 5.41) is 7.92. The van der Waals surface area contributed by atoms with Gasteiger partial charge in [0.25, 0.3) is 0 Å². The molecule has 2 heterocycles. The first-order valence-electron chi connectivity index (χ1n) is 7.30. The van der Waals surface area contributed by atoms with Crippen molar-refractivity contribution in [1.82, 2.24) is 14.8 Å². The third-order valence-electron chi connectivity index (χ3n) is 3.81. The zero-order valence-electron chi connectivity index (χ0n) is 11.8. The van der Waals surface area contributed by atoms with Crippen molar-refractivity contribution < 1.29 is 0 Å². The lowest BCUT2D eigenvalue weighted by Crippen LogP contribution is -2.24. The van der Waals surface area contributed by atoms with Crippen molar-refractivity contribution in [3.8, 4) is 0 Å². The van der Waals surface area contributed by atoms with Crippen LogP contribution in [0, 0.1) is 0 Å². The first-order valence-corrected chi connectivity index (χ1v) is 7.30. The molecule has 0 saturated carbocycles. The molecule has 1 aromatic heterocycles. The Morgan fingerprint density at radius 1 is 1.35 bits per heavy atom. The van der Waals surface area contributed by atoms with Crippen molar-refractivity contribution in [3.63, 3.8) is 0 Å². The number of nitrogens with two attached hydrogens (primary N) is 1. The molecule has 0 radical (unpaired) electrons. The SMILES string of the molecule is CCc1ccc(C2CCNc3nc(CCN)nn32)cc1. The van der Waals surface area contributed by atoms with Crippen molar-refractivity contribution in [2.45, 2.75) is 32.2 Å². The molecule has 0 bridgehead atoms. The molecule has 5 nitrogen and oxygen atoms in total. The summed E-state index contributed by atoms with van der Waals surface area (Å²) in [7, 11) is 0. The summed E-state index contributed by atoms with van der Waals surface area (Å²) in [6, 6.07) is 9.10. The number of rotatable bonds is 4. The number of nitrogens with one attached hydrogen (secondary N) is 1. The Balaban J connectivity index is 1.91. The molecule has 1 atom stereocenters. The number of hydrogen-bond acceptors (Lipinski definition) is 4. The van der Waals surface area contributed by atoms with E-state index in [0.717, 1.165) is 37.6 Å². The van der Waals surface area contributed by atoms with Gasteiger partial charge in [-0.3, -0.25) is 0 Å². The van der Waals surface area contributed by atoms with Crippen LogP contribution in [0.15, 0.2) is 24.3 Å². The average molecular weight is 271 g/mol. The van der Waals surface area contributed by atoms with Crippen LogP contribution < -0.4 is 11.1 Å². The molecule has 0 saturated heterocycles. The second-order valence-electron chi connectivity index (χ2n) is 5.16. The van der Waals surface area contributed by atoms with Crippen LogP contribution in [0.5, 0.6) is 0 Å². The summed E-state index contributed by atoms with van der Waals surface area (Å²) in [5.41, 5.74) is 8.25. The van der Waals surface area contributed by atoms with Crippen molar-refractivity contribution in [2.75, 3.05) is 18.4 Å². The summed E-state index contributed by atoms with van der Waals surface area (Å²) in [4.78, 5) is 4.51. The Bertz CT molecular complexity index is 572. The lowest BCUT2D eigenvalue weighted by Gasteiger charge is -2.24. The van der Waals surface area contributed by atoms with Gasteiger partial charge in [-0.15, -0.1) is 0 Å². The third-order valence-corrected chi connectivity index (χ3v) is 3.81. The van der Waals surface area contributed by atoms with E-state index >= 15 is 0 Å². The molecule has 1 unspecified atom stereocenters. The highest BCUT2D eigenvalue weighted by Gasteiger charge is 2.24. The first kappa shape index (κ1) is 13.1. The normalized spacial score (nSPS) is 17.6. The van der Waals surface area contributed by atoms with Crippen molar-refractivity contribution in [3.05, 3.63) is 41.2 Å². The predicted molar refractivity (Wildman–Crippen MR) is 79.8 cm³/mol. The monoisotopic (exact) mass is 271 g/mol. The molecule has 1 aromatic carbocycles. The summed E-state index contributed by atoms with van der Waals surface area (Å²) in [5.74, 6) is 1.69. The molecule has 2 aromatic rings. The molecule has 0 aliphatic carbocycles. The summed E-state index contributed by atoms with van der Waals surface area (Å²) < 4.78 is 2.01. The second kappa shape index (κ2) is 5.63. The Labute approximate surface area is 119 Å². The molecule has 1 aliphatic heterocycles. The zero-order valence-corrected chi connectivity index (χ0v) is 11.8. The fourth-order valence-electron chi connectivity index (χ4n) is 2.67. The minimum atomic E-state index is 0.274. The fourth-order valence-corrected chi connectivity index (χ4v) is 2.67. The first-order chi connectivity index (χ1) is 9.81. The maximum Gasteiger partial charge on any atom is 0.221 e. The molecule has 106 valence electrons. The van der Waals surface area contributed by atoms with E-state index in [0.29, 0.717) is 6.54 Å². The largest absolute Gasteiger partial charge is 0.354 e. The standard InChI is InChI=1S/C15H21N5/c1-2-11-3-5-12(6-4-11)13-8-10-17-15-18-14(7-9-16)19-20(13)15/h3-6,13H,2,7-10,16H2,1H3,(H,17,18,19). The maximum atomic E-state index is 5.59. The molecule has 0 amide bonds. The van der Waals surface area contributed by atoms with Crippen molar-refractivity contribution in [1.29, 1.82) is 0 Å². The van der Waals surface area contributed by atoms with Crippen LogP contribution in [0.3, 0.4) is 0 Å². The van der Waals surface area contributed by atoms with E-state index < -0.39 is 0 Å². The zero-order chi connectivity index (χ0) is 13.9. The molecule has 1 aliphatic rings. The Kier molecular flexibility index (Phi) is 3.69. The molecule has 0 fully saturated rings. The second-order valence-corrected chi connectivity index (χ2v) is 5.16. The predicted octanol–water partition coefficient (Wildman–Crippen LogP) is 1.75. The fraction of sp³-hybridized carbons (Fsp3) is 0.467. The Morgan fingerprint density at radius 2 is 2.15 bits per heavy atom. The van der Waals surface area contributed by atoms with Crippen molar-refractivity contribution in [2.24, 2.45) is 5.73 Å². The van der Waals surface area contributed by atoms with Gasteiger partial charge in [0.2, 0.25) is 5.95 Å². The third kappa shape index (κ3) is 2.41. The van der Waals surface area contributed by atoms with E-state index in [1.165, 1.54) is 11.1 Å². The number of nitrogens with zero attached hydrogens (tertiary/aromatic N) is 3. The van der Waals surface area contributed by atoms with E-state index in [1.54, 1.807) is 0 Å². The quantitative estimate of drug-likeness (QED) is 0.889. The van der Waals surface area contributed by atoms with E-state index in [2.05, 4.69) is 46.6 Å². The highest BCUT2D eigenvalue weighted by molar-refractivity contribution is 5.34. The van der Waals surface area contributed by atoms with Gasteiger partial charge < -0.3 is 11.1 Å². The number of anilines is 1. The van der Waals surface area contributed by atoms with Gasteiger partial charge in [0.15, 0.2) is 5.82 Å². The summed E-state index contributed by atoms with van der Waals surface area (Å²) in [6.45, 7) is 3.69. The van der Waals surface area contributed by atoms with E-state index in [4.69, 9.17) is 5.73 Å². The smallest absolute Gasteiger partial charge is 0.221 e. The maximum absolute atomic E-state index is 5.59. The minimum absolute atomic E-state index is 0.274. The van der Waals surface area contributed by atoms with Gasteiger partial charge in [-0.1, -0.05) is 31.2 Å². The van der Waals surface area contributed by atoms with Crippen LogP contribution in [0.4, 0.5) is 5.95 Å². The number of hydrogen-bond donors (Lipinski definition) is 2. The molecular weight excluding hydrogens is 250 g/mol. The molecule has 5 heteroatoms. The highest BCUT2D eigenvalue weighted by Crippen LogP contribution is 2.28. The van der Waals surface area contributed by atoms with Gasteiger partial charge in [0.1, 0.15) is 0 Å².